The van der Waals surface area contributed by atoms with Gasteiger partial charge < -0.3 is 15.1 Å². The summed E-state index contributed by atoms with van der Waals surface area (Å²) in [4.78, 5) is 16.3. The van der Waals surface area contributed by atoms with Gasteiger partial charge in [0.05, 0.1) is 22.3 Å². The Kier molecular flexibility index (Phi) is 4.88. The quantitative estimate of drug-likeness (QED) is 0.909. The second kappa shape index (κ2) is 7.24. The SMILES string of the molecule is N#Cc1cccc(N2CCN(C(=O)Nc3ccccc3Cl)CC2)c1. The van der Waals surface area contributed by atoms with Crippen molar-refractivity contribution in [1.82, 2.24) is 4.90 Å². The highest BCUT2D eigenvalue weighted by molar-refractivity contribution is 6.33. The van der Waals surface area contributed by atoms with Crippen molar-refractivity contribution in [1.29, 1.82) is 5.26 Å². The molecule has 1 aliphatic heterocycles. The lowest BCUT2D eigenvalue weighted by atomic mass is 10.2. The average Bonchev–Trinajstić information content (AvgIpc) is 2.64. The number of nitrogens with zero attached hydrogens (tertiary/aromatic N) is 3. The van der Waals surface area contributed by atoms with Gasteiger partial charge in [0.15, 0.2) is 0 Å². The first-order valence-electron chi connectivity index (χ1n) is 7.73. The van der Waals surface area contributed by atoms with E-state index in [1.165, 1.54) is 0 Å². The first kappa shape index (κ1) is 16.2. The number of benzene rings is 2. The van der Waals surface area contributed by atoms with Crippen molar-refractivity contribution in [2.45, 2.75) is 0 Å². The van der Waals surface area contributed by atoms with E-state index in [9.17, 15) is 4.79 Å². The molecular weight excluding hydrogens is 324 g/mol. The number of carbonyl (C=O) groups excluding carboxylic acids is 1. The monoisotopic (exact) mass is 340 g/mol. The predicted molar refractivity (Wildman–Crippen MR) is 95.4 cm³/mol. The van der Waals surface area contributed by atoms with E-state index in [0.29, 0.717) is 29.4 Å². The molecule has 1 N–H and O–H groups in total. The Morgan fingerprint density at radius 1 is 1.08 bits per heavy atom. The van der Waals surface area contributed by atoms with E-state index in [1.54, 1.807) is 23.1 Å². The van der Waals surface area contributed by atoms with Crippen molar-refractivity contribution in [3.8, 4) is 6.07 Å². The molecule has 0 radical (unpaired) electrons. The summed E-state index contributed by atoms with van der Waals surface area (Å²) in [6, 6.07) is 16.7. The molecular formula is C18H17ClN4O. The van der Waals surface area contributed by atoms with Crippen LogP contribution in [0.5, 0.6) is 0 Å². The van der Waals surface area contributed by atoms with Gasteiger partial charge in [0.2, 0.25) is 0 Å². The molecule has 2 aromatic carbocycles. The summed E-state index contributed by atoms with van der Waals surface area (Å²) >= 11 is 6.07. The minimum atomic E-state index is -0.145. The fourth-order valence-corrected chi connectivity index (χ4v) is 2.88. The molecule has 1 fully saturated rings. The Morgan fingerprint density at radius 3 is 2.54 bits per heavy atom. The zero-order valence-corrected chi connectivity index (χ0v) is 13.8. The van der Waals surface area contributed by atoms with Crippen molar-refractivity contribution in [2.75, 3.05) is 36.4 Å². The lowest BCUT2D eigenvalue weighted by Gasteiger charge is -2.36. The van der Waals surface area contributed by atoms with Gasteiger partial charge in [-0.2, -0.15) is 5.26 Å². The number of carbonyl (C=O) groups is 1. The van der Waals surface area contributed by atoms with Crippen LogP contribution in [0.15, 0.2) is 48.5 Å². The van der Waals surface area contributed by atoms with Crippen LogP contribution in [0.4, 0.5) is 16.2 Å². The van der Waals surface area contributed by atoms with E-state index in [-0.39, 0.29) is 6.03 Å². The number of para-hydroxylation sites is 1. The Balaban J connectivity index is 1.59. The highest BCUT2D eigenvalue weighted by Crippen LogP contribution is 2.22. The lowest BCUT2D eigenvalue weighted by molar-refractivity contribution is 0.208. The predicted octanol–water partition coefficient (Wildman–Crippen LogP) is 3.57. The Hall–Kier alpha value is -2.71. The van der Waals surface area contributed by atoms with Crippen LogP contribution in [0, 0.1) is 11.3 Å². The van der Waals surface area contributed by atoms with Crippen LogP contribution in [0.25, 0.3) is 0 Å². The van der Waals surface area contributed by atoms with Crippen LogP contribution < -0.4 is 10.2 Å². The standard InChI is InChI=1S/C18H17ClN4O/c19-16-6-1-2-7-17(16)21-18(24)23-10-8-22(9-11-23)15-5-3-4-14(12-15)13-20/h1-7,12H,8-11H2,(H,21,24). The molecule has 6 heteroatoms. The first-order chi connectivity index (χ1) is 11.7. The lowest BCUT2D eigenvalue weighted by Crippen LogP contribution is -2.50. The summed E-state index contributed by atoms with van der Waals surface area (Å²) in [5.74, 6) is 0. The highest BCUT2D eigenvalue weighted by atomic mass is 35.5. The minimum absolute atomic E-state index is 0.145. The fourth-order valence-electron chi connectivity index (χ4n) is 2.70. The molecule has 0 bridgehead atoms. The summed E-state index contributed by atoms with van der Waals surface area (Å²) in [5.41, 5.74) is 2.28. The number of nitriles is 1. The summed E-state index contributed by atoms with van der Waals surface area (Å²) in [6.07, 6.45) is 0. The Bertz CT molecular complexity index is 779. The maximum absolute atomic E-state index is 12.4. The molecule has 0 unspecified atom stereocenters. The van der Waals surface area contributed by atoms with E-state index in [2.05, 4.69) is 16.3 Å². The summed E-state index contributed by atoms with van der Waals surface area (Å²) in [5, 5.41) is 12.4. The molecule has 0 aliphatic carbocycles. The van der Waals surface area contributed by atoms with E-state index < -0.39 is 0 Å². The number of piperazine rings is 1. The summed E-state index contributed by atoms with van der Waals surface area (Å²) in [6.45, 7) is 2.69. The maximum atomic E-state index is 12.4. The maximum Gasteiger partial charge on any atom is 0.322 e. The van der Waals surface area contributed by atoms with Crippen molar-refractivity contribution in [3.05, 3.63) is 59.1 Å². The van der Waals surface area contributed by atoms with Crippen molar-refractivity contribution in [3.63, 3.8) is 0 Å². The second-order valence-corrected chi connectivity index (χ2v) is 5.95. The molecule has 1 saturated heterocycles. The zero-order chi connectivity index (χ0) is 16.9. The number of hydrogen-bond donors (Lipinski definition) is 1. The Labute approximate surface area is 146 Å². The second-order valence-electron chi connectivity index (χ2n) is 5.55. The number of amides is 2. The third kappa shape index (κ3) is 3.61. The van der Waals surface area contributed by atoms with Gasteiger partial charge in [-0.3, -0.25) is 0 Å². The van der Waals surface area contributed by atoms with Crippen LogP contribution in [0.1, 0.15) is 5.56 Å². The fraction of sp³-hybridized carbons (Fsp3) is 0.222. The summed E-state index contributed by atoms with van der Waals surface area (Å²) < 4.78 is 0. The molecule has 5 nitrogen and oxygen atoms in total. The van der Waals surface area contributed by atoms with E-state index in [0.717, 1.165) is 18.8 Å². The molecule has 0 atom stereocenters. The van der Waals surface area contributed by atoms with Crippen LogP contribution >= 0.6 is 11.6 Å². The number of urea groups is 1. The third-order valence-corrected chi connectivity index (χ3v) is 4.35. The molecule has 24 heavy (non-hydrogen) atoms. The number of hydrogen-bond acceptors (Lipinski definition) is 3. The molecule has 3 rings (SSSR count). The molecule has 2 aromatic rings. The van der Waals surface area contributed by atoms with E-state index in [4.69, 9.17) is 16.9 Å². The average molecular weight is 341 g/mol. The minimum Gasteiger partial charge on any atom is -0.368 e. The van der Waals surface area contributed by atoms with Crippen molar-refractivity contribution in [2.24, 2.45) is 0 Å². The van der Waals surface area contributed by atoms with Gasteiger partial charge in [0, 0.05) is 31.9 Å². The molecule has 0 saturated carbocycles. The van der Waals surface area contributed by atoms with Crippen molar-refractivity contribution < 1.29 is 4.79 Å². The number of anilines is 2. The molecule has 1 heterocycles. The van der Waals surface area contributed by atoms with Crippen LogP contribution in [-0.2, 0) is 0 Å². The highest BCUT2D eigenvalue weighted by Gasteiger charge is 2.21. The van der Waals surface area contributed by atoms with Gasteiger partial charge in [0.1, 0.15) is 0 Å². The van der Waals surface area contributed by atoms with Crippen LogP contribution in [-0.4, -0.2) is 37.1 Å². The normalized spacial score (nSPS) is 14.2. The topological polar surface area (TPSA) is 59.4 Å². The molecule has 0 spiro atoms. The number of nitrogens with one attached hydrogen (secondary N) is 1. The number of rotatable bonds is 2. The van der Waals surface area contributed by atoms with Crippen LogP contribution in [0.3, 0.4) is 0 Å². The molecule has 122 valence electrons. The third-order valence-electron chi connectivity index (χ3n) is 4.02. The molecule has 0 aromatic heterocycles. The van der Waals surface area contributed by atoms with Gasteiger partial charge in [-0.1, -0.05) is 29.8 Å². The van der Waals surface area contributed by atoms with Gasteiger partial charge in [-0.25, -0.2) is 4.79 Å². The van der Waals surface area contributed by atoms with Crippen molar-refractivity contribution >= 4 is 29.0 Å². The largest absolute Gasteiger partial charge is 0.368 e. The van der Waals surface area contributed by atoms with Gasteiger partial charge >= 0.3 is 6.03 Å². The van der Waals surface area contributed by atoms with Gasteiger partial charge in [0.25, 0.3) is 0 Å². The molecule has 2 amide bonds. The number of halogens is 1. The first-order valence-corrected chi connectivity index (χ1v) is 8.11. The van der Waals surface area contributed by atoms with Gasteiger partial charge in [-0.05, 0) is 30.3 Å². The smallest absolute Gasteiger partial charge is 0.322 e. The Morgan fingerprint density at radius 2 is 1.83 bits per heavy atom. The van der Waals surface area contributed by atoms with E-state index in [1.807, 2.05) is 30.3 Å². The summed E-state index contributed by atoms with van der Waals surface area (Å²) in [7, 11) is 0. The van der Waals surface area contributed by atoms with E-state index >= 15 is 0 Å². The van der Waals surface area contributed by atoms with Crippen LogP contribution in [0.2, 0.25) is 5.02 Å². The van der Waals surface area contributed by atoms with Gasteiger partial charge in [-0.15, -0.1) is 0 Å². The zero-order valence-electron chi connectivity index (χ0n) is 13.1. The molecule has 1 aliphatic rings.